The number of benzene rings is 2. The maximum atomic E-state index is 14.3. The molecule has 0 saturated carbocycles. The number of rotatable bonds is 6. The molecule has 0 radical (unpaired) electrons. The Bertz CT molecular complexity index is 1120. The number of halogens is 2. The minimum Gasteiger partial charge on any atom is -0.468 e. The van der Waals surface area contributed by atoms with Gasteiger partial charge in [-0.15, -0.1) is 0 Å². The lowest BCUT2D eigenvalue weighted by atomic mass is 10.0. The molecule has 0 aliphatic carbocycles. The maximum Gasteiger partial charge on any atom is 0.264 e. The molecule has 0 bridgehead atoms. The summed E-state index contributed by atoms with van der Waals surface area (Å²) in [6, 6.07) is 12.6. The average Bonchev–Trinajstić information content (AvgIpc) is 3.25. The number of hydrogen-bond acceptors (Lipinski definition) is 4. The number of likely N-dealkylation sites (tertiary alicyclic amines) is 1. The smallest absolute Gasteiger partial charge is 0.264 e. The zero-order valence-electron chi connectivity index (χ0n) is 17.2. The van der Waals surface area contributed by atoms with Crippen LogP contribution in [0.15, 0.2) is 70.2 Å². The lowest BCUT2D eigenvalue weighted by Crippen LogP contribution is -2.47. The number of sulfonamides is 1. The summed E-state index contributed by atoms with van der Waals surface area (Å²) in [6.07, 6.45) is 2.79. The van der Waals surface area contributed by atoms with E-state index in [1.54, 1.807) is 25.3 Å². The van der Waals surface area contributed by atoms with Crippen molar-refractivity contribution in [3.63, 3.8) is 0 Å². The number of piperidine rings is 1. The van der Waals surface area contributed by atoms with Crippen LogP contribution >= 0.6 is 0 Å². The summed E-state index contributed by atoms with van der Waals surface area (Å²) < 4.78 is 61.5. The van der Waals surface area contributed by atoms with Crippen LogP contribution in [-0.4, -0.2) is 32.4 Å². The van der Waals surface area contributed by atoms with E-state index in [2.05, 4.69) is 4.90 Å². The summed E-state index contributed by atoms with van der Waals surface area (Å²) in [7, 11) is -4.00. The van der Waals surface area contributed by atoms with Gasteiger partial charge in [0.2, 0.25) is 0 Å². The molecule has 0 amide bonds. The quantitative estimate of drug-likeness (QED) is 0.550. The van der Waals surface area contributed by atoms with E-state index < -0.39 is 21.7 Å². The van der Waals surface area contributed by atoms with Gasteiger partial charge in [-0.05, 0) is 73.9 Å². The minimum absolute atomic E-state index is 0.0205. The molecule has 5 nitrogen and oxygen atoms in total. The molecular formula is C23H24F2N2O3S. The summed E-state index contributed by atoms with van der Waals surface area (Å²) in [5, 5.41) is 0. The van der Waals surface area contributed by atoms with E-state index in [-0.39, 0.29) is 16.6 Å². The van der Waals surface area contributed by atoms with Crippen LogP contribution in [0.2, 0.25) is 0 Å². The maximum absolute atomic E-state index is 14.3. The Hall–Kier alpha value is -2.71. The Kier molecular flexibility index (Phi) is 6.11. The monoisotopic (exact) mass is 446 g/mol. The first kappa shape index (κ1) is 21.5. The van der Waals surface area contributed by atoms with Crippen molar-refractivity contribution in [2.45, 2.75) is 37.2 Å². The van der Waals surface area contributed by atoms with E-state index in [0.29, 0.717) is 38.0 Å². The topological polar surface area (TPSA) is 53.8 Å². The number of furan rings is 1. The second-order valence-electron chi connectivity index (χ2n) is 7.77. The Morgan fingerprint density at radius 1 is 1.06 bits per heavy atom. The van der Waals surface area contributed by atoms with Crippen molar-refractivity contribution in [2.75, 3.05) is 17.4 Å². The van der Waals surface area contributed by atoms with Crippen LogP contribution < -0.4 is 4.31 Å². The Morgan fingerprint density at radius 2 is 1.77 bits per heavy atom. The fourth-order valence-corrected chi connectivity index (χ4v) is 5.62. The van der Waals surface area contributed by atoms with Gasteiger partial charge in [-0.2, -0.15) is 0 Å². The largest absolute Gasteiger partial charge is 0.468 e. The third-order valence-electron chi connectivity index (χ3n) is 5.63. The van der Waals surface area contributed by atoms with E-state index in [4.69, 9.17) is 4.42 Å². The van der Waals surface area contributed by atoms with Crippen LogP contribution in [0.3, 0.4) is 0 Å². The zero-order valence-corrected chi connectivity index (χ0v) is 18.0. The molecule has 0 atom stereocenters. The molecule has 31 heavy (non-hydrogen) atoms. The van der Waals surface area contributed by atoms with Gasteiger partial charge in [0.25, 0.3) is 10.0 Å². The number of nitrogens with zero attached hydrogens (tertiary/aromatic N) is 2. The van der Waals surface area contributed by atoms with Crippen LogP contribution in [0.4, 0.5) is 14.5 Å². The van der Waals surface area contributed by atoms with Gasteiger partial charge in [0.1, 0.15) is 17.4 Å². The van der Waals surface area contributed by atoms with Crippen LogP contribution in [0, 0.1) is 18.6 Å². The highest BCUT2D eigenvalue weighted by molar-refractivity contribution is 7.92. The number of hydrogen-bond donors (Lipinski definition) is 0. The molecule has 8 heteroatoms. The molecule has 2 heterocycles. The molecule has 2 aromatic carbocycles. The van der Waals surface area contributed by atoms with E-state index in [1.165, 1.54) is 22.5 Å². The summed E-state index contributed by atoms with van der Waals surface area (Å²) in [5.74, 6) is -0.125. The molecule has 1 aromatic heterocycles. The molecule has 1 aliphatic rings. The van der Waals surface area contributed by atoms with E-state index in [1.807, 2.05) is 12.1 Å². The summed E-state index contributed by atoms with van der Waals surface area (Å²) >= 11 is 0. The predicted octanol–water partition coefficient (Wildman–Crippen LogP) is 4.73. The van der Waals surface area contributed by atoms with Gasteiger partial charge in [-0.3, -0.25) is 9.21 Å². The predicted molar refractivity (Wildman–Crippen MR) is 114 cm³/mol. The highest BCUT2D eigenvalue weighted by Gasteiger charge is 2.34. The SMILES string of the molecule is Cc1ccc(N(C2CCN(Cc3ccco3)CC2)S(=O)(=O)c2ccc(F)cc2)cc1F. The van der Waals surface area contributed by atoms with Crippen LogP contribution in [-0.2, 0) is 16.6 Å². The molecule has 1 aliphatic heterocycles. The second kappa shape index (κ2) is 8.80. The summed E-state index contributed by atoms with van der Waals surface area (Å²) in [4.78, 5) is 2.18. The molecular weight excluding hydrogens is 422 g/mol. The Balaban J connectivity index is 1.63. The molecule has 4 rings (SSSR count). The fourth-order valence-electron chi connectivity index (χ4n) is 3.92. The minimum atomic E-state index is -4.00. The summed E-state index contributed by atoms with van der Waals surface area (Å²) in [5.41, 5.74) is 0.716. The molecule has 0 unspecified atom stereocenters. The van der Waals surface area contributed by atoms with Gasteiger partial charge < -0.3 is 4.42 Å². The molecule has 3 aromatic rings. The second-order valence-corrected chi connectivity index (χ2v) is 9.59. The molecule has 164 valence electrons. The van der Waals surface area contributed by atoms with E-state index in [9.17, 15) is 17.2 Å². The Morgan fingerprint density at radius 3 is 2.39 bits per heavy atom. The number of aryl methyl sites for hydroxylation is 1. The van der Waals surface area contributed by atoms with Crippen LogP contribution in [0.25, 0.3) is 0 Å². The third-order valence-corrected chi connectivity index (χ3v) is 7.52. The highest BCUT2D eigenvalue weighted by atomic mass is 32.2. The molecule has 0 N–H and O–H groups in total. The van der Waals surface area contributed by atoms with E-state index in [0.717, 1.165) is 17.9 Å². The average molecular weight is 447 g/mol. The fraction of sp³-hybridized carbons (Fsp3) is 0.304. The Labute approximate surface area is 181 Å². The van der Waals surface area contributed by atoms with Gasteiger partial charge in [0.05, 0.1) is 23.4 Å². The lowest BCUT2D eigenvalue weighted by molar-refractivity contribution is 0.193. The first-order chi connectivity index (χ1) is 14.8. The van der Waals surface area contributed by atoms with Gasteiger partial charge in [0.15, 0.2) is 0 Å². The zero-order chi connectivity index (χ0) is 22.0. The first-order valence-corrected chi connectivity index (χ1v) is 11.6. The molecule has 0 spiro atoms. The van der Waals surface area contributed by atoms with Gasteiger partial charge in [-0.1, -0.05) is 6.07 Å². The van der Waals surface area contributed by atoms with Crippen molar-refractivity contribution in [2.24, 2.45) is 0 Å². The van der Waals surface area contributed by atoms with Crippen molar-refractivity contribution in [3.8, 4) is 0 Å². The standard InChI is InChI=1S/C23H24F2N2O3S/c1-17-4-7-20(15-23(17)25)27(31(28,29)22-8-5-18(24)6-9-22)19-10-12-26(13-11-19)16-21-3-2-14-30-21/h2-9,14-15,19H,10-13,16H2,1H3. The van der Waals surface area contributed by atoms with Gasteiger partial charge in [-0.25, -0.2) is 17.2 Å². The van der Waals surface area contributed by atoms with Gasteiger partial charge >= 0.3 is 0 Å². The highest BCUT2D eigenvalue weighted by Crippen LogP contribution is 2.32. The normalized spacial score (nSPS) is 15.8. The van der Waals surface area contributed by atoms with Crippen molar-refractivity contribution < 1.29 is 21.6 Å². The third kappa shape index (κ3) is 4.65. The van der Waals surface area contributed by atoms with Crippen molar-refractivity contribution in [1.82, 2.24) is 4.90 Å². The number of anilines is 1. The van der Waals surface area contributed by atoms with Crippen LogP contribution in [0.5, 0.6) is 0 Å². The first-order valence-electron chi connectivity index (χ1n) is 10.2. The van der Waals surface area contributed by atoms with E-state index >= 15 is 0 Å². The van der Waals surface area contributed by atoms with Crippen molar-refractivity contribution in [1.29, 1.82) is 0 Å². The lowest BCUT2D eigenvalue weighted by Gasteiger charge is -2.38. The van der Waals surface area contributed by atoms with Gasteiger partial charge in [0, 0.05) is 19.1 Å². The molecule has 1 saturated heterocycles. The molecule has 1 fully saturated rings. The van der Waals surface area contributed by atoms with Crippen molar-refractivity contribution >= 4 is 15.7 Å². The summed E-state index contributed by atoms with van der Waals surface area (Å²) in [6.45, 7) is 3.64. The van der Waals surface area contributed by atoms with Crippen molar-refractivity contribution in [3.05, 3.63) is 83.8 Å². The van der Waals surface area contributed by atoms with Crippen LogP contribution in [0.1, 0.15) is 24.2 Å².